The third kappa shape index (κ3) is 5.34. The van der Waals surface area contributed by atoms with Gasteiger partial charge in [0.05, 0.1) is 18.0 Å². The van der Waals surface area contributed by atoms with E-state index in [9.17, 15) is 24.5 Å². The molecular weight excluding hydrogens is 318 g/mol. The molecule has 0 aliphatic rings. The summed E-state index contributed by atoms with van der Waals surface area (Å²) >= 11 is 0. The Balaban J connectivity index is 2.86. The van der Waals surface area contributed by atoms with Crippen LogP contribution < -0.4 is 11.1 Å². The lowest BCUT2D eigenvalue weighted by Gasteiger charge is -2.21. The van der Waals surface area contributed by atoms with Crippen molar-refractivity contribution < 1.29 is 24.0 Å². The number of non-ortho nitro benzene ring substituents is 1. The van der Waals surface area contributed by atoms with Crippen LogP contribution in [0, 0.1) is 16.0 Å². The van der Waals surface area contributed by atoms with Crippen molar-refractivity contribution in [2.45, 2.75) is 26.3 Å². The Bertz CT molecular complexity index is 646. The number of rotatable bonds is 8. The summed E-state index contributed by atoms with van der Waals surface area (Å²) in [6, 6.07) is 3.95. The Morgan fingerprint density at radius 1 is 1.38 bits per heavy atom. The van der Waals surface area contributed by atoms with E-state index in [4.69, 9.17) is 10.5 Å². The second kappa shape index (κ2) is 8.61. The quantitative estimate of drug-likeness (QED) is 0.407. The number of amides is 2. The summed E-state index contributed by atoms with van der Waals surface area (Å²) < 4.78 is 4.80. The molecule has 1 aromatic rings. The summed E-state index contributed by atoms with van der Waals surface area (Å²) in [7, 11) is 0. The molecule has 2 amide bonds. The fourth-order valence-corrected chi connectivity index (χ4v) is 2.08. The molecule has 2 atom stereocenters. The largest absolute Gasteiger partial charge is 0.466 e. The van der Waals surface area contributed by atoms with Gasteiger partial charge in [0.2, 0.25) is 5.91 Å². The second-order valence-corrected chi connectivity index (χ2v) is 5.15. The van der Waals surface area contributed by atoms with Crippen LogP contribution >= 0.6 is 0 Å². The number of benzene rings is 1. The summed E-state index contributed by atoms with van der Waals surface area (Å²) in [5, 5.41) is 13.1. The van der Waals surface area contributed by atoms with Crippen molar-refractivity contribution in [2.24, 2.45) is 11.7 Å². The molecule has 0 bridgehead atoms. The lowest BCUT2D eigenvalue weighted by atomic mass is 9.97. The fraction of sp³-hybridized carbons (Fsp3) is 0.400. The van der Waals surface area contributed by atoms with E-state index in [1.165, 1.54) is 18.2 Å². The number of nitrogens with one attached hydrogen (secondary N) is 1. The van der Waals surface area contributed by atoms with Crippen molar-refractivity contribution in [2.75, 3.05) is 6.61 Å². The molecule has 0 unspecified atom stereocenters. The van der Waals surface area contributed by atoms with Gasteiger partial charge in [-0.15, -0.1) is 0 Å². The van der Waals surface area contributed by atoms with E-state index in [0.29, 0.717) is 0 Å². The van der Waals surface area contributed by atoms with E-state index in [0.717, 1.165) is 6.07 Å². The van der Waals surface area contributed by atoms with Crippen LogP contribution in [0.1, 0.15) is 30.6 Å². The van der Waals surface area contributed by atoms with Crippen LogP contribution in [0.5, 0.6) is 0 Å². The highest BCUT2D eigenvalue weighted by atomic mass is 16.6. The van der Waals surface area contributed by atoms with Crippen LogP contribution in [0.3, 0.4) is 0 Å². The minimum atomic E-state index is -1.11. The highest BCUT2D eigenvalue weighted by Gasteiger charge is 2.27. The Morgan fingerprint density at radius 2 is 2.04 bits per heavy atom. The van der Waals surface area contributed by atoms with Crippen molar-refractivity contribution in [3.8, 4) is 0 Å². The van der Waals surface area contributed by atoms with Crippen molar-refractivity contribution in [3.05, 3.63) is 39.9 Å². The molecule has 0 heterocycles. The Morgan fingerprint density at radius 3 is 2.58 bits per heavy atom. The maximum atomic E-state index is 12.2. The zero-order chi connectivity index (χ0) is 18.3. The monoisotopic (exact) mass is 337 g/mol. The molecule has 0 aliphatic carbocycles. The van der Waals surface area contributed by atoms with E-state index in [1.54, 1.807) is 13.8 Å². The van der Waals surface area contributed by atoms with Crippen LogP contribution in [0.15, 0.2) is 24.3 Å². The first-order chi connectivity index (χ1) is 11.3. The molecule has 0 fully saturated rings. The van der Waals surface area contributed by atoms with Gasteiger partial charge in [-0.25, -0.2) is 0 Å². The van der Waals surface area contributed by atoms with Crippen molar-refractivity contribution in [3.63, 3.8) is 0 Å². The molecule has 3 N–H and O–H groups in total. The Kier molecular flexibility index (Phi) is 6.84. The second-order valence-electron chi connectivity index (χ2n) is 5.15. The minimum absolute atomic E-state index is 0.0128. The smallest absolute Gasteiger partial charge is 0.306 e. The molecule has 0 saturated heterocycles. The first kappa shape index (κ1) is 19.1. The standard InChI is InChI=1S/C15H19N3O6/c1-3-24-12(19)7-9(2)13(14(16)20)17-15(21)10-5-4-6-11(8-10)18(22)23/h4-6,8-9,13H,3,7H2,1-2H3,(H2,16,20)(H,17,21)/t9-,13-/m1/s1. The third-order valence-electron chi connectivity index (χ3n) is 3.28. The van der Waals surface area contributed by atoms with Gasteiger partial charge in [-0.2, -0.15) is 0 Å². The summed E-state index contributed by atoms with van der Waals surface area (Å²) in [6.07, 6.45) is -0.101. The number of carbonyl (C=O) groups excluding carboxylic acids is 3. The highest BCUT2D eigenvalue weighted by molar-refractivity contribution is 5.98. The molecule has 0 aliphatic heterocycles. The average Bonchev–Trinajstić information content (AvgIpc) is 2.52. The number of nitrogens with zero attached hydrogens (tertiary/aromatic N) is 1. The first-order valence-corrected chi connectivity index (χ1v) is 7.26. The van der Waals surface area contributed by atoms with E-state index >= 15 is 0 Å². The zero-order valence-corrected chi connectivity index (χ0v) is 13.4. The van der Waals surface area contributed by atoms with E-state index in [2.05, 4.69) is 5.32 Å². The normalized spacial score (nSPS) is 12.8. The van der Waals surface area contributed by atoms with Gasteiger partial charge in [-0.05, 0) is 18.9 Å². The van der Waals surface area contributed by atoms with E-state index in [-0.39, 0.29) is 24.3 Å². The number of esters is 1. The lowest BCUT2D eigenvalue weighted by Crippen LogP contribution is -2.49. The molecule has 24 heavy (non-hydrogen) atoms. The third-order valence-corrected chi connectivity index (χ3v) is 3.28. The predicted molar refractivity (Wildman–Crippen MR) is 84.0 cm³/mol. The number of hydrogen-bond acceptors (Lipinski definition) is 6. The van der Waals surface area contributed by atoms with Gasteiger partial charge in [0.25, 0.3) is 11.6 Å². The first-order valence-electron chi connectivity index (χ1n) is 7.26. The van der Waals surface area contributed by atoms with Crippen LogP contribution in [0.4, 0.5) is 5.69 Å². The molecule has 0 saturated carbocycles. The topological polar surface area (TPSA) is 142 Å². The lowest BCUT2D eigenvalue weighted by molar-refractivity contribution is -0.384. The van der Waals surface area contributed by atoms with Crippen LogP contribution in [0.25, 0.3) is 0 Å². The number of ether oxygens (including phenoxy) is 1. The number of hydrogen-bond donors (Lipinski definition) is 2. The minimum Gasteiger partial charge on any atom is -0.466 e. The molecule has 1 aromatic carbocycles. The summed E-state index contributed by atoms with van der Waals surface area (Å²) in [5.41, 5.74) is 5.04. The van der Waals surface area contributed by atoms with Crippen LogP contribution in [0.2, 0.25) is 0 Å². The highest BCUT2D eigenvalue weighted by Crippen LogP contribution is 2.15. The number of nitro benzene ring substituents is 1. The van der Waals surface area contributed by atoms with Gasteiger partial charge in [0.1, 0.15) is 6.04 Å². The molecule has 0 aromatic heterocycles. The summed E-state index contributed by atoms with van der Waals surface area (Å²) in [6.45, 7) is 3.42. The summed E-state index contributed by atoms with van der Waals surface area (Å²) in [5.74, 6) is -2.62. The van der Waals surface area contributed by atoms with E-state index < -0.39 is 34.7 Å². The van der Waals surface area contributed by atoms with Gasteiger partial charge >= 0.3 is 5.97 Å². The van der Waals surface area contributed by atoms with E-state index in [1.807, 2.05) is 0 Å². The molecule has 130 valence electrons. The van der Waals surface area contributed by atoms with Gasteiger partial charge in [0, 0.05) is 17.7 Å². The molecule has 0 radical (unpaired) electrons. The average molecular weight is 337 g/mol. The number of carbonyl (C=O) groups is 3. The van der Waals surface area contributed by atoms with Crippen molar-refractivity contribution in [1.82, 2.24) is 5.32 Å². The molecule has 0 spiro atoms. The molecule has 9 nitrogen and oxygen atoms in total. The van der Waals surface area contributed by atoms with Crippen LogP contribution in [-0.4, -0.2) is 35.4 Å². The number of primary amides is 1. The van der Waals surface area contributed by atoms with Crippen molar-refractivity contribution in [1.29, 1.82) is 0 Å². The molecule has 1 rings (SSSR count). The predicted octanol–water partition coefficient (Wildman–Crippen LogP) is 0.768. The summed E-state index contributed by atoms with van der Waals surface area (Å²) in [4.78, 5) is 45.4. The molecule has 9 heteroatoms. The Labute approximate surface area is 138 Å². The van der Waals surface area contributed by atoms with Gasteiger partial charge in [-0.1, -0.05) is 13.0 Å². The van der Waals surface area contributed by atoms with Gasteiger partial charge in [0.15, 0.2) is 0 Å². The Hall–Kier alpha value is -2.97. The zero-order valence-electron chi connectivity index (χ0n) is 13.4. The van der Waals surface area contributed by atoms with Gasteiger partial charge in [-0.3, -0.25) is 24.5 Å². The van der Waals surface area contributed by atoms with Crippen LogP contribution in [-0.2, 0) is 14.3 Å². The maximum Gasteiger partial charge on any atom is 0.306 e. The maximum absolute atomic E-state index is 12.2. The SMILES string of the molecule is CCOC(=O)C[C@@H](C)[C@@H](NC(=O)c1cccc([N+](=O)[O-])c1)C(N)=O. The number of nitro groups is 1. The molecular formula is C15H19N3O6. The van der Waals surface area contributed by atoms with Crippen molar-refractivity contribution >= 4 is 23.5 Å². The fourth-order valence-electron chi connectivity index (χ4n) is 2.08. The van der Waals surface area contributed by atoms with Gasteiger partial charge < -0.3 is 15.8 Å². The number of nitrogens with two attached hydrogens (primary N) is 1.